The monoisotopic (exact) mass is 196 g/mol. The van der Waals surface area contributed by atoms with Crippen LogP contribution in [0.1, 0.15) is 26.2 Å². The molecule has 4 nitrogen and oxygen atoms in total. The van der Waals surface area contributed by atoms with E-state index in [4.69, 9.17) is 0 Å². The highest BCUT2D eigenvalue weighted by molar-refractivity contribution is 5.93. The van der Waals surface area contributed by atoms with E-state index in [0.717, 1.165) is 25.8 Å². The maximum atomic E-state index is 11.3. The molecule has 0 bridgehead atoms. The normalized spacial score (nSPS) is 22.1. The van der Waals surface area contributed by atoms with Gasteiger partial charge in [0.25, 0.3) is 0 Å². The standard InChI is InChI=1S/C10H16N2O2/c1-2-3-6-9(13)12-8-5-4-7-11-10(8)14/h3,6,8H,2,4-5,7H2,1H3,(H,11,14)(H,12,13)/b6-3+. The first-order valence-electron chi connectivity index (χ1n) is 4.98. The summed E-state index contributed by atoms with van der Waals surface area (Å²) in [5.41, 5.74) is 0. The fourth-order valence-corrected chi connectivity index (χ4v) is 1.35. The summed E-state index contributed by atoms with van der Waals surface area (Å²) in [6.45, 7) is 2.67. The Labute approximate surface area is 83.8 Å². The van der Waals surface area contributed by atoms with Crippen LogP contribution in [0.4, 0.5) is 0 Å². The molecule has 0 radical (unpaired) electrons. The third-order valence-corrected chi connectivity index (χ3v) is 2.11. The number of hydrogen-bond acceptors (Lipinski definition) is 2. The summed E-state index contributed by atoms with van der Waals surface area (Å²) in [7, 11) is 0. The minimum atomic E-state index is -0.349. The molecule has 1 rings (SSSR count). The Balaban J connectivity index is 2.38. The predicted octanol–water partition coefficient (Wildman–Crippen LogP) is 0.347. The number of rotatable bonds is 3. The van der Waals surface area contributed by atoms with E-state index >= 15 is 0 Å². The number of nitrogens with one attached hydrogen (secondary N) is 2. The van der Waals surface area contributed by atoms with Crippen molar-refractivity contribution in [1.82, 2.24) is 10.6 Å². The zero-order valence-corrected chi connectivity index (χ0v) is 8.38. The van der Waals surface area contributed by atoms with Gasteiger partial charge in [-0.15, -0.1) is 0 Å². The molecule has 1 aliphatic rings. The highest BCUT2D eigenvalue weighted by Gasteiger charge is 2.22. The Bertz CT molecular complexity index is 249. The van der Waals surface area contributed by atoms with Crippen molar-refractivity contribution in [3.8, 4) is 0 Å². The molecule has 2 amide bonds. The molecule has 2 N–H and O–H groups in total. The SMILES string of the molecule is CC/C=C/C(=O)NC1CCCNC1=O. The number of allylic oxidation sites excluding steroid dienone is 1. The van der Waals surface area contributed by atoms with Crippen molar-refractivity contribution < 1.29 is 9.59 Å². The summed E-state index contributed by atoms with van der Waals surface area (Å²) in [6, 6.07) is -0.349. The number of piperidine rings is 1. The maximum Gasteiger partial charge on any atom is 0.244 e. The molecular weight excluding hydrogens is 180 g/mol. The van der Waals surface area contributed by atoms with E-state index in [0.29, 0.717) is 0 Å². The van der Waals surface area contributed by atoms with Crippen LogP contribution in [-0.4, -0.2) is 24.4 Å². The smallest absolute Gasteiger partial charge is 0.244 e. The van der Waals surface area contributed by atoms with Gasteiger partial charge in [-0.3, -0.25) is 9.59 Å². The number of carbonyl (C=O) groups is 2. The predicted molar refractivity (Wildman–Crippen MR) is 53.6 cm³/mol. The molecule has 1 saturated heterocycles. The van der Waals surface area contributed by atoms with Crippen molar-refractivity contribution in [3.63, 3.8) is 0 Å². The van der Waals surface area contributed by atoms with Crippen LogP contribution >= 0.6 is 0 Å². The molecule has 0 aromatic carbocycles. The number of hydrogen-bond donors (Lipinski definition) is 2. The lowest BCUT2D eigenvalue weighted by Crippen LogP contribution is -2.49. The summed E-state index contributed by atoms with van der Waals surface area (Å²) in [5, 5.41) is 5.38. The van der Waals surface area contributed by atoms with Crippen LogP contribution in [-0.2, 0) is 9.59 Å². The lowest BCUT2D eigenvalue weighted by molar-refractivity contribution is -0.128. The van der Waals surface area contributed by atoms with Crippen molar-refractivity contribution >= 4 is 11.8 Å². The minimum absolute atomic E-state index is 0.0745. The van der Waals surface area contributed by atoms with Crippen LogP contribution in [0.5, 0.6) is 0 Å². The molecule has 0 aromatic rings. The molecule has 0 saturated carbocycles. The molecule has 78 valence electrons. The number of amides is 2. The first kappa shape index (κ1) is 10.8. The van der Waals surface area contributed by atoms with Crippen molar-refractivity contribution in [2.24, 2.45) is 0 Å². The van der Waals surface area contributed by atoms with Gasteiger partial charge >= 0.3 is 0 Å². The molecule has 1 fully saturated rings. The maximum absolute atomic E-state index is 11.3. The summed E-state index contributed by atoms with van der Waals surface area (Å²) in [6.07, 6.45) is 5.73. The highest BCUT2D eigenvalue weighted by Crippen LogP contribution is 2.02. The molecule has 0 aromatic heterocycles. The van der Waals surface area contributed by atoms with Crippen molar-refractivity contribution in [3.05, 3.63) is 12.2 Å². The molecule has 1 unspecified atom stereocenters. The molecule has 4 heteroatoms. The van der Waals surface area contributed by atoms with Gasteiger partial charge in [-0.05, 0) is 25.3 Å². The van der Waals surface area contributed by atoms with Gasteiger partial charge < -0.3 is 10.6 Å². The van der Waals surface area contributed by atoms with E-state index < -0.39 is 0 Å². The molecule has 0 aliphatic carbocycles. The zero-order chi connectivity index (χ0) is 10.4. The van der Waals surface area contributed by atoms with E-state index in [1.165, 1.54) is 6.08 Å². The summed E-state index contributed by atoms with van der Waals surface area (Å²) in [4.78, 5) is 22.5. The quantitative estimate of drug-likeness (QED) is 0.640. The number of carbonyl (C=O) groups excluding carboxylic acids is 2. The lowest BCUT2D eigenvalue weighted by Gasteiger charge is -2.21. The lowest BCUT2D eigenvalue weighted by atomic mass is 10.1. The van der Waals surface area contributed by atoms with E-state index in [1.807, 2.05) is 6.92 Å². The second-order valence-corrected chi connectivity index (χ2v) is 3.31. The Kier molecular flexibility index (Phi) is 4.16. The Morgan fingerprint density at radius 3 is 3.14 bits per heavy atom. The van der Waals surface area contributed by atoms with Crippen LogP contribution in [0.25, 0.3) is 0 Å². The van der Waals surface area contributed by atoms with E-state index in [1.54, 1.807) is 6.08 Å². The van der Waals surface area contributed by atoms with Gasteiger partial charge in [0.05, 0.1) is 0 Å². The minimum Gasteiger partial charge on any atom is -0.354 e. The average Bonchev–Trinajstić information content (AvgIpc) is 2.18. The Hall–Kier alpha value is -1.32. The topological polar surface area (TPSA) is 58.2 Å². The Morgan fingerprint density at radius 2 is 2.50 bits per heavy atom. The third-order valence-electron chi connectivity index (χ3n) is 2.11. The first-order chi connectivity index (χ1) is 6.74. The molecule has 14 heavy (non-hydrogen) atoms. The second kappa shape index (κ2) is 5.42. The molecule has 0 spiro atoms. The highest BCUT2D eigenvalue weighted by atomic mass is 16.2. The third kappa shape index (κ3) is 3.20. The van der Waals surface area contributed by atoms with Crippen molar-refractivity contribution in [1.29, 1.82) is 0 Å². The largest absolute Gasteiger partial charge is 0.354 e. The summed E-state index contributed by atoms with van der Waals surface area (Å²) in [5.74, 6) is -0.261. The molecular formula is C10H16N2O2. The second-order valence-electron chi connectivity index (χ2n) is 3.31. The van der Waals surface area contributed by atoms with Gasteiger partial charge in [0, 0.05) is 6.54 Å². The van der Waals surface area contributed by atoms with Crippen LogP contribution in [0.15, 0.2) is 12.2 Å². The fourth-order valence-electron chi connectivity index (χ4n) is 1.35. The van der Waals surface area contributed by atoms with Crippen molar-refractivity contribution in [2.45, 2.75) is 32.2 Å². The summed E-state index contributed by atoms with van der Waals surface area (Å²) >= 11 is 0. The van der Waals surface area contributed by atoms with E-state index in [2.05, 4.69) is 10.6 Å². The van der Waals surface area contributed by atoms with Gasteiger partial charge in [-0.25, -0.2) is 0 Å². The summed E-state index contributed by atoms with van der Waals surface area (Å²) < 4.78 is 0. The van der Waals surface area contributed by atoms with Gasteiger partial charge in [-0.2, -0.15) is 0 Å². The molecule has 1 atom stereocenters. The fraction of sp³-hybridized carbons (Fsp3) is 0.600. The van der Waals surface area contributed by atoms with Gasteiger partial charge in [-0.1, -0.05) is 13.0 Å². The van der Waals surface area contributed by atoms with Crippen molar-refractivity contribution in [2.75, 3.05) is 6.54 Å². The van der Waals surface area contributed by atoms with Crippen LogP contribution in [0.3, 0.4) is 0 Å². The van der Waals surface area contributed by atoms with Crippen LogP contribution in [0.2, 0.25) is 0 Å². The molecule has 1 heterocycles. The zero-order valence-electron chi connectivity index (χ0n) is 8.38. The van der Waals surface area contributed by atoms with Gasteiger partial charge in [0.2, 0.25) is 11.8 Å². The van der Waals surface area contributed by atoms with E-state index in [-0.39, 0.29) is 17.9 Å². The molecule has 1 aliphatic heterocycles. The first-order valence-corrected chi connectivity index (χ1v) is 4.98. The van der Waals surface area contributed by atoms with Crippen LogP contribution < -0.4 is 10.6 Å². The van der Waals surface area contributed by atoms with E-state index in [9.17, 15) is 9.59 Å². The average molecular weight is 196 g/mol. The Morgan fingerprint density at radius 1 is 1.71 bits per heavy atom. The van der Waals surface area contributed by atoms with Gasteiger partial charge in [0.15, 0.2) is 0 Å². The van der Waals surface area contributed by atoms with Gasteiger partial charge in [0.1, 0.15) is 6.04 Å². The van der Waals surface area contributed by atoms with Crippen LogP contribution in [0, 0.1) is 0 Å².